The molecule has 0 fully saturated rings. The molecule has 0 bridgehead atoms. The van der Waals surface area contributed by atoms with Crippen LogP contribution in [0.3, 0.4) is 0 Å². The second kappa shape index (κ2) is 2.70. The van der Waals surface area contributed by atoms with E-state index in [1.54, 1.807) is 6.07 Å². The zero-order chi connectivity index (χ0) is 9.42. The second-order valence-corrected chi connectivity index (χ2v) is 2.81. The number of hydrogen-bond donors (Lipinski definition) is 0. The minimum atomic E-state index is -0.554. The fourth-order valence-corrected chi connectivity index (χ4v) is 1.32. The number of benzene rings is 1. The maximum Gasteiger partial charge on any atom is 0.300 e. The molecule has 0 spiro atoms. The maximum atomic E-state index is 10.6. The fourth-order valence-electron chi connectivity index (χ4n) is 1.09. The Morgan fingerprint density at radius 2 is 2.31 bits per heavy atom. The number of halogens is 1. The molecule has 0 aliphatic carbocycles. The van der Waals surface area contributed by atoms with E-state index >= 15 is 0 Å². The molecular weight excluding hydrogens is 196 g/mol. The lowest BCUT2D eigenvalue weighted by atomic mass is 10.2. The number of fused-ring (bicyclic) bond motifs is 1. The summed E-state index contributed by atoms with van der Waals surface area (Å²) in [7, 11) is 0. The molecule has 0 radical (unpaired) electrons. The molecule has 0 saturated carbocycles. The molecule has 1 aromatic heterocycles. The predicted octanol–water partition coefficient (Wildman–Crippen LogP) is 2.39. The van der Waals surface area contributed by atoms with Gasteiger partial charge in [-0.1, -0.05) is 16.8 Å². The summed E-state index contributed by atoms with van der Waals surface area (Å²) in [6.07, 6.45) is 1.21. The molecular formula is C7H3ClN2O3. The van der Waals surface area contributed by atoms with Crippen LogP contribution in [0.25, 0.3) is 10.9 Å². The van der Waals surface area contributed by atoms with Crippen LogP contribution in [0, 0.1) is 10.1 Å². The molecule has 0 aliphatic rings. The lowest BCUT2D eigenvalue weighted by Crippen LogP contribution is -1.89. The highest BCUT2D eigenvalue weighted by molar-refractivity contribution is 6.34. The lowest BCUT2D eigenvalue weighted by Gasteiger charge is -1.93. The summed E-state index contributed by atoms with van der Waals surface area (Å²) in [4.78, 5) is 10.0. The summed E-state index contributed by atoms with van der Waals surface area (Å²) in [5.74, 6) is 0. The number of aromatic nitrogens is 1. The Labute approximate surface area is 77.0 Å². The smallest absolute Gasteiger partial charge is 0.300 e. The Balaban J connectivity index is 2.88. The van der Waals surface area contributed by atoms with Gasteiger partial charge in [-0.3, -0.25) is 10.1 Å². The normalized spacial score (nSPS) is 10.5. The first kappa shape index (κ1) is 8.00. The van der Waals surface area contributed by atoms with Crippen molar-refractivity contribution in [2.24, 2.45) is 0 Å². The first-order valence-corrected chi connectivity index (χ1v) is 3.75. The number of hydrogen-bond acceptors (Lipinski definition) is 4. The van der Waals surface area contributed by atoms with Gasteiger partial charge in [-0.05, 0) is 12.1 Å². The molecule has 13 heavy (non-hydrogen) atoms. The van der Waals surface area contributed by atoms with Gasteiger partial charge in [0, 0.05) is 0 Å². The summed E-state index contributed by atoms with van der Waals surface area (Å²) in [6.45, 7) is 0. The van der Waals surface area contributed by atoms with Crippen molar-refractivity contribution in [3.8, 4) is 0 Å². The molecule has 0 aliphatic heterocycles. The van der Waals surface area contributed by atoms with Crippen molar-refractivity contribution in [3.05, 3.63) is 33.5 Å². The van der Waals surface area contributed by atoms with Crippen LogP contribution in [0.2, 0.25) is 5.02 Å². The third kappa shape index (κ3) is 1.13. The molecule has 5 nitrogen and oxygen atoms in total. The highest BCUT2D eigenvalue weighted by atomic mass is 35.5. The molecule has 66 valence electrons. The van der Waals surface area contributed by atoms with Crippen molar-refractivity contribution < 1.29 is 9.45 Å². The summed E-state index contributed by atoms with van der Waals surface area (Å²) >= 11 is 5.64. The van der Waals surface area contributed by atoms with E-state index in [1.165, 1.54) is 12.3 Å². The molecule has 1 aromatic carbocycles. The summed E-state index contributed by atoms with van der Waals surface area (Å²) in [5.41, 5.74) is 0.261. The van der Waals surface area contributed by atoms with Gasteiger partial charge in [0.05, 0.1) is 4.92 Å². The van der Waals surface area contributed by atoms with Crippen LogP contribution in [0.15, 0.2) is 22.9 Å². The van der Waals surface area contributed by atoms with E-state index in [9.17, 15) is 10.1 Å². The summed E-state index contributed by atoms with van der Waals surface area (Å²) in [6, 6.07) is 2.98. The predicted molar refractivity (Wildman–Crippen MR) is 45.7 cm³/mol. The molecule has 0 atom stereocenters. The molecule has 0 N–H and O–H groups in total. The van der Waals surface area contributed by atoms with Gasteiger partial charge in [0.1, 0.15) is 22.2 Å². The molecule has 2 aromatic rings. The molecule has 6 heteroatoms. The van der Waals surface area contributed by atoms with Crippen molar-refractivity contribution in [1.29, 1.82) is 0 Å². The lowest BCUT2D eigenvalue weighted by molar-refractivity contribution is -0.382. The SMILES string of the molecule is O=[N+]([O-])c1c(Cl)ccc2nocc12. The molecule has 0 unspecified atom stereocenters. The van der Waals surface area contributed by atoms with E-state index in [4.69, 9.17) is 11.6 Å². The highest BCUT2D eigenvalue weighted by Crippen LogP contribution is 2.32. The fraction of sp³-hybridized carbons (Fsp3) is 0. The number of rotatable bonds is 1. The van der Waals surface area contributed by atoms with E-state index in [-0.39, 0.29) is 10.7 Å². The first-order valence-electron chi connectivity index (χ1n) is 3.37. The van der Waals surface area contributed by atoms with Crippen LogP contribution in [0.4, 0.5) is 5.69 Å². The van der Waals surface area contributed by atoms with Gasteiger partial charge in [-0.25, -0.2) is 0 Å². The quantitative estimate of drug-likeness (QED) is 0.521. The van der Waals surface area contributed by atoms with Crippen molar-refractivity contribution >= 4 is 28.2 Å². The van der Waals surface area contributed by atoms with Gasteiger partial charge in [0.2, 0.25) is 0 Å². The van der Waals surface area contributed by atoms with Crippen LogP contribution < -0.4 is 0 Å². The van der Waals surface area contributed by atoms with Crippen molar-refractivity contribution in [3.63, 3.8) is 0 Å². The van der Waals surface area contributed by atoms with Crippen LogP contribution in [-0.4, -0.2) is 10.1 Å². The zero-order valence-corrected chi connectivity index (χ0v) is 6.99. The van der Waals surface area contributed by atoms with Crippen LogP contribution in [-0.2, 0) is 0 Å². The topological polar surface area (TPSA) is 69.2 Å². The van der Waals surface area contributed by atoms with Crippen molar-refractivity contribution in [1.82, 2.24) is 5.16 Å². The van der Waals surface area contributed by atoms with Gasteiger partial charge in [-0.15, -0.1) is 0 Å². The van der Waals surface area contributed by atoms with Gasteiger partial charge >= 0.3 is 5.69 Å². The van der Waals surface area contributed by atoms with Gasteiger partial charge < -0.3 is 4.52 Å². The zero-order valence-electron chi connectivity index (χ0n) is 6.23. The Morgan fingerprint density at radius 1 is 1.54 bits per heavy atom. The number of nitrogens with zero attached hydrogens (tertiary/aromatic N) is 2. The average molecular weight is 199 g/mol. The Kier molecular flexibility index (Phi) is 1.66. The van der Waals surface area contributed by atoms with Gasteiger partial charge in [0.15, 0.2) is 0 Å². The standard InChI is InChI=1S/C7H3ClN2O3/c8-5-1-2-6-4(3-13-9-6)7(5)10(11)12/h1-3H. The number of nitro benzene ring substituents is 1. The maximum absolute atomic E-state index is 10.6. The van der Waals surface area contributed by atoms with Crippen LogP contribution in [0.5, 0.6) is 0 Å². The summed E-state index contributed by atoms with van der Waals surface area (Å²) < 4.78 is 4.60. The second-order valence-electron chi connectivity index (χ2n) is 2.40. The van der Waals surface area contributed by atoms with E-state index < -0.39 is 4.92 Å². The van der Waals surface area contributed by atoms with E-state index in [1.807, 2.05) is 0 Å². The monoisotopic (exact) mass is 198 g/mol. The van der Waals surface area contributed by atoms with E-state index in [0.717, 1.165) is 0 Å². The average Bonchev–Trinajstić information content (AvgIpc) is 2.50. The van der Waals surface area contributed by atoms with Crippen LogP contribution >= 0.6 is 11.6 Å². The highest BCUT2D eigenvalue weighted by Gasteiger charge is 2.18. The van der Waals surface area contributed by atoms with Gasteiger partial charge in [0.25, 0.3) is 0 Å². The van der Waals surface area contributed by atoms with E-state index in [0.29, 0.717) is 10.9 Å². The number of nitro groups is 1. The molecule has 0 amide bonds. The Morgan fingerprint density at radius 3 is 3.00 bits per heavy atom. The third-order valence-electron chi connectivity index (χ3n) is 1.65. The van der Waals surface area contributed by atoms with Gasteiger partial charge in [-0.2, -0.15) is 0 Å². The van der Waals surface area contributed by atoms with E-state index in [2.05, 4.69) is 9.68 Å². The third-order valence-corrected chi connectivity index (χ3v) is 1.95. The van der Waals surface area contributed by atoms with Crippen LogP contribution in [0.1, 0.15) is 0 Å². The largest absolute Gasteiger partial charge is 0.363 e. The minimum absolute atomic E-state index is 0.0840. The molecule has 2 rings (SSSR count). The summed E-state index contributed by atoms with van der Waals surface area (Å²) in [5, 5.41) is 14.6. The first-order chi connectivity index (χ1) is 6.20. The molecule has 0 saturated heterocycles. The molecule has 1 heterocycles. The Bertz CT molecular complexity index is 480. The van der Waals surface area contributed by atoms with Crippen molar-refractivity contribution in [2.75, 3.05) is 0 Å². The minimum Gasteiger partial charge on any atom is -0.363 e. The Hall–Kier alpha value is -1.62. The van der Waals surface area contributed by atoms with Crippen molar-refractivity contribution in [2.45, 2.75) is 0 Å².